The minimum absolute atomic E-state index is 0.236. The van der Waals surface area contributed by atoms with Crippen LogP contribution in [0.25, 0.3) is 0 Å². The second-order valence-electron chi connectivity index (χ2n) is 3.79. The first-order chi connectivity index (χ1) is 8.22. The molecule has 3 N–H and O–H groups in total. The Labute approximate surface area is 110 Å². The van der Waals surface area contributed by atoms with Gasteiger partial charge in [-0.1, -0.05) is 23.2 Å². The van der Waals surface area contributed by atoms with Crippen molar-refractivity contribution in [2.24, 2.45) is 5.84 Å². The van der Waals surface area contributed by atoms with Gasteiger partial charge in [-0.05, 0) is 24.5 Å². The lowest BCUT2D eigenvalue weighted by atomic mass is 9.99. The molecule has 2 heterocycles. The van der Waals surface area contributed by atoms with Gasteiger partial charge in [0.25, 0.3) is 0 Å². The summed E-state index contributed by atoms with van der Waals surface area (Å²) in [6, 6.07) is 1.42. The zero-order valence-corrected chi connectivity index (χ0v) is 10.6. The molecular weight excluding hydrogens is 261 g/mol. The average Bonchev–Trinajstić information content (AvgIpc) is 2.34. The van der Waals surface area contributed by atoms with E-state index in [1.54, 1.807) is 18.5 Å². The van der Waals surface area contributed by atoms with Gasteiger partial charge in [0.05, 0.1) is 34.6 Å². The van der Waals surface area contributed by atoms with Gasteiger partial charge in [0.2, 0.25) is 0 Å². The molecule has 0 aliphatic carbocycles. The van der Waals surface area contributed by atoms with Gasteiger partial charge in [-0.2, -0.15) is 0 Å². The first kappa shape index (κ1) is 12.6. The summed E-state index contributed by atoms with van der Waals surface area (Å²) in [6.07, 6.45) is 5.16. The highest BCUT2D eigenvalue weighted by Crippen LogP contribution is 2.31. The second kappa shape index (κ2) is 5.69. The maximum atomic E-state index is 6.11. The first-order valence-corrected chi connectivity index (χ1v) is 6.05. The van der Waals surface area contributed by atoms with Gasteiger partial charge in [-0.15, -0.1) is 0 Å². The van der Waals surface area contributed by atoms with Crippen LogP contribution >= 0.6 is 23.2 Å². The number of halogens is 2. The molecule has 1 unspecified atom stereocenters. The van der Waals surface area contributed by atoms with Crippen molar-refractivity contribution < 1.29 is 4.74 Å². The van der Waals surface area contributed by atoms with Crippen LogP contribution in [0.3, 0.4) is 0 Å². The largest absolute Gasteiger partial charge is 0.501 e. The molecule has 6 heteroatoms. The number of nitrogens with zero attached hydrogens (tertiary/aromatic N) is 1. The summed E-state index contributed by atoms with van der Waals surface area (Å²) in [5.74, 6) is 5.56. The molecule has 0 fully saturated rings. The van der Waals surface area contributed by atoms with Crippen molar-refractivity contribution in [3.8, 4) is 0 Å². The molecule has 92 valence electrons. The van der Waals surface area contributed by atoms with E-state index in [4.69, 9.17) is 33.8 Å². The SMILES string of the molecule is NNC(C1=COCCC1)c1ncc(Cl)cc1Cl. The predicted octanol–water partition coefficient (Wildman–Crippen LogP) is 2.59. The summed E-state index contributed by atoms with van der Waals surface area (Å²) in [5, 5.41) is 0.996. The number of ether oxygens (including phenoxy) is 1. The normalized spacial score (nSPS) is 17.2. The Bertz CT molecular complexity index is 437. The summed E-state index contributed by atoms with van der Waals surface area (Å²) in [4.78, 5) is 4.22. The van der Waals surface area contributed by atoms with Gasteiger partial charge < -0.3 is 4.74 Å². The Kier molecular flexibility index (Phi) is 4.23. The molecule has 0 amide bonds. The van der Waals surface area contributed by atoms with Crippen molar-refractivity contribution in [2.75, 3.05) is 6.61 Å². The number of aromatic nitrogens is 1. The maximum absolute atomic E-state index is 6.11. The molecular formula is C11H13Cl2N3O. The number of nitrogens with one attached hydrogen (secondary N) is 1. The lowest BCUT2D eigenvalue weighted by molar-refractivity contribution is 0.219. The molecule has 0 bridgehead atoms. The lowest BCUT2D eigenvalue weighted by Gasteiger charge is -2.22. The lowest BCUT2D eigenvalue weighted by Crippen LogP contribution is -2.31. The fraction of sp³-hybridized carbons (Fsp3) is 0.364. The summed E-state index contributed by atoms with van der Waals surface area (Å²) in [6.45, 7) is 0.739. The minimum Gasteiger partial charge on any atom is -0.501 e. The third-order valence-corrected chi connectivity index (χ3v) is 3.12. The van der Waals surface area contributed by atoms with Crippen LogP contribution in [-0.2, 0) is 4.74 Å². The monoisotopic (exact) mass is 273 g/mol. The molecule has 1 aliphatic rings. The topological polar surface area (TPSA) is 60.2 Å². The van der Waals surface area contributed by atoms with Crippen molar-refractivity contribution >= 4 is 23.2 Å². The van der Waals surface area contributed by atoms with E-state index in [0.717, 1.165) is 25.0 Å². The number of hydrogen-bond donors (Lipinski definition) is 2. The van der Waals surface area contributed by atoms with E-state index in [9.17, 15) is 0 Å². The summed E-state index contributed by atoms with van der Waals surface area (Å²) in [7, 11) is 0. The molecule has 1 atom stereocenters. The van der Waals surface area contributed by atoms with Gasteiger partial charge in [0, 0.05) is 6.20 Å². The Hall–Kier alpha value is -0.810. The summed E-state index contributed by atoms with van der Waals surface area (Å²) in [5.41, 5.74) is 4.41. The first-order valence-electron chi connectivity index (χ1n) is 5.30. The molecule has 4 nitrogen and oxygen atoms in total. The van der Waals surface area contributed by atoms with Crippen molar-refractivity contribution in [1.82, 2.24) is 10.4 Å². The summed E-state index contributed by atoms with van der Waals surface area (Å²) >= 11 is 11.9. The summed E-state index contributed by atoms with van der Waals surface area (Å²) < 4.78 is 5.30. The minimum atomic E-state index is -0.236. The number of pyridine rings is 1. The molecule has 17 heavy (non-hydrogen) atoms. The van der Waals surface area contributed by atoms with E-state index in [1.165, 1.54) is 0 Å². The van der Waals surface area contributed by atoms with Gasteiger partial charge >= 0.3 is 0 Å². The van der Waals surface area contributed by atoms with Crippen LogP contribution in [0, 0.1) is 0 Å². The molecule has 1 aromatic heterocycles. The quantitative estimate of drug-likeness (QED) is 0.657. The van der Waals surface area contributed by atoms with E-state index in [1.807, 2.05) is 0 Å². The molecule has 1 aliphatic heterocycles. The van der Waals surface area contributed by atoms with Crippen molar-refractivity contribution in [3.63, 3.8) is 0 Å². The molecule has 0 aromatic carbocycles. The smallest absolute Gasteiger partial charge is 0.0889 e. The third kappa shape index (κ3) is 2.90. The Morgan fingerprint density at radius 2 is 2.29 bits per heavy atom. The van der Waals surface area contributed by atoms with Crippen LogP contribution in [-0.4, -0.2) is 11.6 Å². The fourth-order valence-electron chi connectivity index (χ4n) is 1.80. The van der Waals surface area contributed by atoms with Crippen LogP contribution < -0.4 is 11.3 Å². The number of rotatable bonds is 3. The number of nitrogens with two attached hydrogens (primary N) is 1. The predicted molar refractivity (Wildman–Crippen MR) is 67.6 cm³/mol. The molecule has 0 saturated carbocycles. The fourth-order valence-corrected chi connectivity index (χ4v) is 2.29. The number of hydrazine groups is 1. The van der Waals surface area contributed by atoms with Crippen molar-refractivity contribution in [2.45, 2.75) is 18.9 Å². The molecule has 0 saturated heterocycles. The molecule has 2 rings (SSSR count). The molecule has 1 aromatic rings. The zero-order chi connectivity index (χ0) is 12.3. The van der Waals surface area contributed by atoms with Crippen LogP contribution in [0.15, 0.2) is 24.1 Å². The van der Waals surface area contributed by atoms with Gasteiger partial charge in [0.1, 0.15) is 0 Å². The Morgan fingerprint density at radius 1 is 1.47 bits per heavy atom. The van der Waals surface area contributed by atoms with E-state index >= 15 is 0 Å². The molecule has 0 spiro atoms. The van der Waals surface area contributed by atoms with E-state index in [2.05, 4.69) is 10.4 Å². The van der Waals surface area contributed by atoms with Crippen LogP contribution in [0.2, 0.25) is 10.0 Å². The molecule has 0 radical (unpaired) electrons. The third-order valence-electron chi connectivity index (χ3n) is 2.61. The standard InChI is InChI=1S/C11H13Cl2N3O/c12-8-4-9(13)11(15-5-8)10(16-14)7-2-1-3-17-6-7/h4-6,10,16H,1-3,14H2. The van der Waals surface area contributed by atoms with Crippen LogP contribution in [0.4, 0.5) is 0 Å². The van der Waals surface area contributed by atoms with Crippen molar-refractivity contribution in [3.05, 3.63) is 39.8 Å². The number of hydrogen-bond acceptors (Lipinski definition) is 4. The highest BCUT2D eigenvalue weighted by atomic mass is 35.5. The van der Waals surface area contributed by atoms with Gasteiger partial charge in [0.15, 0.2) is 0 Å². The van der Waals surface area contributed by atoms with Gasteiger partial charge in [-0.25, -0.2) is 5.43 Å². The highest BCUT2D eigenvalue weighted by Gasteiger charge is 2.21. The maximum Gasteiger partial charge on any atom is 0.0889 e. The zero-order valence-electron chi connectivity index (χ0n) is 9.12. The van der Waals surface area contributed by atoms with E-state index < -0.39 is 0 Å². The van der Waals surface area contributed by atoms with Gasteiger partial charge in [-0.3, -0.25) is 10.8 Å². The van der Waals surface area contributed by atoms with E-state index in [0.29, 0.717) is 15.7 Å². The highest BCUT2D eigenvalue weighted by molar-refractivity contribution is 6.34. The van der Waals surface area contributed by atoms with Crippen molar-refractivity contribution in [1.29, 1.82) is 0 Å². The van der Waals surface area contributed by atoms with Crippen LogP contribution in [0.5, 0.6) is 0 Å². The Balaban J connectivity index is 2.31. The Morgan fingerprint density at radius 3 is 2.88 bits per heavy atom. The second-order valence-corrected chi connectivity index (χ2v) is 4.63. The van der Waals surface area contributed by atoms with E-state index in [-0.39, 0.29) is 6.04 Å². The van der Waals surface area contributed by atoms with Crippen LogP contribution in [0.1, 0.15) is 24.6 Å². The average molecular weight is 274 g/mol.